The molecule has 1 aliphatic heterocycles. The van der Waals surface area contributed by atoms with Crippen molar-refractivity contribution in [3.05, 3.63) is 57.9 Å². The lowest BCUT2D eigenvalue weighted by Crippen LogP contribution is -2.48. The van der Waals surface area contributed by atoms with Crippen molar-refractivity contribution >= 4 is 33.3 Å². The lowest BCUT2D eigenvalue weighted by Gasteiger charge is -2.32. The Kier molecular flexibility index (Phi) is 5.89. The Balaban J connectivity index is 2.14. The van der Waals surface area contributed by atoms with Gasteiger partial charge in [-0.25, -0.2) is 12.8 Å². The van der Waals surface area contributed by atoms with Crippen LogP contribution >= 0.6 is 11.6 Å². The normalized spacial score (nSPS) is 18.2. The molecular formula is C20H22ClFN2O4S. The van der Waals surface area contributed by atoms with Crippen LogP contribution < -0.4 is 5.32 Å². The number of carboxylic acids is 1. The molecule has 6 nitrogen and oxygen atoms in total. The fourth-order valence-corrected chi connectivity index (χ4v) is 5.79. The largest absolute Gasteiger partial charge is 0.480 e. The highest BCUT2D eigenvalue weighted by Crippen LogP contribution is 2.36. The van der Waals surface area contributed by atoms with Crippen molar-refractivity contribution in [2.75, 3.05) is 18.4 Å². The molecule has 0 aromatic heterocycles. The summed E-state index contributed by atoms with van der Waals surface area (Å²) in [4.78, 5) is 12.2. The van der Waals surface area contributed by atoms with Gasteiger partial charge in [-0.05, 0) is 54.8 Å². The van der Waals surface area contributed by atoms with E-state index in [4.69, 9.17) is 11.6 Å². The van der Waals surface area contributed by atoms with Gasteiger partial charge in [0.2, 0.25) is 10.0 Å². The second-order valence-corrected chi connectivity index (χ2v) is 9.45. The molecule has 29 heavy (non-hydrogen) atoms. The van der Waals surface area contributed by atoms with Gasteiger partial charge in [0.15, 0.2) is 0 Å². The number of nitrogens with one attached hydrogen (secondary N) is 1. The number of aryl methyl sites for hydroxylation is 1. The van der Waals surface area contributed by atoms with E-state index in [-0.39, 0.29) is 23.5 Å². The number of halogens is 2. The molecular weight excluding hydrogens is 419 g/mol. The second-order valence-electron chi connectivity index (χ2n) is 7.16. The van der Waals surface area contributed by atoms with Crippen molar-refractivity contribution in [2.45, 2.75) is 37.6 Å². The molecule has 156 valence electrons. The molecule has 0 radical (unpaired) electrons. The van der Waals surface area contributed by atoms with Crippen LogP contribution in [0.4, 0.5) is 10.1 Å². The average Bonchev–Trinajstić information content (AvgIpc) is 2.75. The van der Waals surface area contributed by atoms with Gasteiger partial charge >= 0.3 is 5.97 Å². The van der Waals surface area contributed by atoms with Crippen molar-refractivity contribution < 1.29 is 22.7 Å². The minimum Gasteiger partial charge on any atom is -0.480 e. The SMILES string of the molecule is Cc1ccc(F)c(C(C)C(C(=O)O)N2CCNc3cc(Cl)ccc3S2(=O)=O)c1C. The van der Waals surface area contributed by atoms with Gasteiger partial charge in [-0.1, -0.05) is 24.6 Å². The quantitative estimate of drug-likeness (QED) is 0.755. The Bertz CT molecular complexity index is 1070. The predicted octanol–water partition coefficient (Wildman–Crippen LogP) is 3.77. The van der Waals surface area contributed by atoms with Crippen LogP contribution in [0.1, 0.15) is 29.5 Å². The Hall–Kier alpha value is -2.16. The smallest absolute Gasteiger partial charge is 0.322 e. The molecule has 2 aromatic rings. The van der Waals surface area contributed by atoms with E-state index < -0.39 is 33.8 Å². The number of nitrogens with zero attached hydrogens (tertiary/aromatic N) is 1. The molecule has 2 aromatic carbocycles. The zero-order valence-electron chi connectivity index (χ0n) is 16.2. The first-order valence-electron chi connectivity index (χ1n) is 9.09. The molecule has 2 unspecified atom stereocenters. The van der Waals surface area contributed by atoms with Gasteiger partial charge in [0.1, 0.15) is 16.8 Å². The number of anilines is 1. The summed E-state index contributed by atoms with van der Waals surface area (Å²) in [6.45, 7) is 5.16. The van der Waals surface area contributed by atoms with Gasteiger partial charge in [-0.15, -0.1) is 0 Å². The van der Waals surface area contributed by atoms with Crippen LogP contribution in [0.2, 0.25) is 5.02 Å². The molecule has 0 saturated heterocycles. The first-order valence-corrected chi connectivity index (χ1v) is 10.9. The summed E-state index contributed by atoms with van der Waals surface area (Å²) < 4.78 is 42.3. The van der Waals surface area contributed by atoms with Gasteiger partial charge in [0.25, 0.3) is 0 Å². The number of benzene rings is 2. The number of fused-ring (bicyclic) bond motifs is 1. The summed E-state index contributed by atoms with van der Waals surface area (Å²) in [7, 11) is -4.16. The molecule has 2 N–H and O–H groups in total. The molecule has 9 heteroatoms. The maximum Gasteiger partial charge on any atom is 0.322 e. The van der Waals surface area contributed by atoms with Crippen LogP contribution in [0.3, 0.4) is 0 Å². The number of rotatable bonds is 4. The third-order valence-electron chi connectivity index (χ3n) is 5.40. The number of aliphatic carboxylic acids is 1. The first kappa shape index (κ1) is 21.5. The molecule has 2 atom stereocenters. The third-order valence-corrected chi connectivity index (χ3v) is 7.57. The van der Waals surface area contributed by atoms with Crippen LogP contribution in [-0.4, -0.2) is 42.9 Å². The van der Waals surface area contributed by atoms with Gasteiger partial charge in [0.05, 0.1) is 5.69 Å². The van der Waals surface area contributed by atoms with Crippen LogP contribution in [-0.2, 0) is 14.8 Å². The number of hydrogen-bond donors (Lipinski definition) is 2. The van der Waals surface area contributed by atoms with Crippen molar-refractivity contribution in [3.8, 4) is 0 Å². The van der Waals surface area contributed by atoms with Crippen LogP contribution in [0.15, 0.2) is 35.2 Å². The highest BCUT2D eigenvalue weighted by atomic mass is 35.5. The van der Waals surface area contributed by atoms with E-state index in [2.05, 4.69) is 5.32 Å². The Morgan fingerprint density at radius 2 is 1.97 bits per heavy atom. The Labute approximate surface area is 174 Å². The zero-order valence-corrected chi connectivity index (χ0v) is 17.8. The van der Waals surface area contributed by atoms with Crippen LogP contribution in [0.5, 0.6) is 0 Å². The van der Waals surface area contributed by atoms with Gasteiger partial charge in [0, 0.05) is 24.0 Å². The molecule has 0 spiro atoms. The number of carbonyl (C=O) groups is 1. The van der Waals surface area contributed by atoms with Gasteiger partial charge < -0.3 is 10.4 Å². The fraction of sp³-hybridized carbons (Fsp3) is 0.350. The standard InChI is InChI=1S/C20H22ClFN2O4S/c1-11-4-6-15(22)18(12(11)2)13(3)19(20(25)26)24-9-8-23-16-10-14(21)5-7-17(16)29(24,27)28/h4-7,10,13,19,23H,8-9H2,1-3H3,(H,25,26). The molecule has 0 bridgehead atoms. The molecule has 1 aliphatic rings. The average molecular weight is 441 g/mol. The summed E-state index contributed by atoms with van der Waals surface area (Å²) in [6, 6.07) is 5.69. The van der Waals surface area contributed by atoms with E-state index in [1.165, 1.54) is 24.3 Å². The Morgan fingerprint density at radius 3 is 2.62 bits per heavy atom. The van der Waals surface area contributed by atoms with E-state index in [1.54, 1.807) is 26.8 Å². The number of carboxylic acid groups (broad SMARTS) is 1. The lowest BCUT2D eigenvalue weighted by molar-refractivity contribution is -0.142. The fourth-order valence-electron chi connectivity index (χ4n) is 3.81. The third kappa shape index (κ3) is 3.84. The van der Waals surface area contributed by atoms with Crippen molar-refractivity contribution in [3.63, 3.8) is 0 Å². The minimum absolute atomic E-state index is 0.0562. The van der Waals surface area contributed by atoms with Crippen LogP contribution in [0.25, 0.3) is 0 Å². The summed E-state index contributed by atoms with van der Waals surface area (Å²) in [5.74, 6) is -2.79. The topological polar surface area (TPSA) is 86.7 Å². The van der Waals surface area contributed by atoms with E-state index >= 15 is 0 Å². The maximum atomic E-state index is 14.6. The zero-order chi connectivity index (χ0) is 21.5. The minimum atomic E-state index is -4.16. The van der Waals surface area contributed by atoms with Crippen molar-refractivity contribution in [1.82, 2.24) is 4.31 Å². The first-order chi connectivity index (χ1) is 13.6. The highest BCUT2D eigenvalue weighted by molar-refractivity contribution is 7.89. The lowest BCUT2D eigenvalue weighted by atomic mass is 9.87. The van der Waals surface area contributed by atoms with Gasteiger partial charge in [-0.2, -0.15) is 4.31 Å². The monoisotopic (exact) mass is 440 g/mol. The summed E-state index contributed by atoms with van der Waals surface area (Å²) in [6.07, 6.45) is 0. The summed E-state index contributed by atoms with van der Waals surface area (Å²) in [5.41, 5.74) is 1.94. The molecule has 0 saturated carbocycles. The van der Waals surface area contributed by atoms with Crippen molar-refractivity contribution in [2.24, 2.45) is 0 Å². The molecule has 1 heterocycles. The maximum absolute atomic E-state index is 14.6. The predicted molar refractivity (Wildman–Crippen MR) is 110 cm³/mol. The van der Waals surface area contributed by atoms with E-state index in [0.717, 1.165) is 9.87 Å². The second kappa shape index (κ2) is 7.93. The summed E-state index contributed by atoms with van der Waals surface area (Å²) in [5, 5.41) is 13.3. The van der Waals surface area contributed by atoms with Gasteiger partial charge in [-0.3, -0.25) is 4.79 Å². The highest BCUT2D eigenvalue weighted by Gasteiger charge is 2.42. The van der Waals surface area contributed by atoms with E-state index in [1.807, 2.05) is 0 Å². The number of sulfonamides is 1. The molecule has 0 amide bonds. The molecule has 3 rings (SSSR count). The van der Waals surface area contributed by atoms with E-state index in [0.29, 0.717) is 16.3 Å². The Morgan fingerprint density at radius 1 is 1.28 bits per heavy atom. The molecule has 0 fully saturated rings. The number of hydrogen-bond acceptors (Lipinski definition) is 4. The van der Waals surface area contributed by atoms with E-state index in [9.17, 15) is 22.7 Å². The summed E-state index contributed by atoms with van der Waals surface area (Å²) >= 11 is 5.97. The molecule has 0 aliphatic carbocycles. The van der Waals surface area contributed by atoms with Crippen LogP contribution in [0, 0.1) is 19.7 Å². The van der Waals surface area contributed by atoms with Crippen molar-refractivity contribution in [1.29, 1.82) is 0 Å².